The Morgan fingerprint density at radius 2 is 1.91 bits per heavy atom. The number of benzene rings is 1. The maximum absolute atomic E-state index is 10.3. The standard InChI is InChI=1S/C19H31NO3/c1-13(2)18-7-6-14(3)8-19(18)22-12-17(21)11-20-9-15(4)23-16(5)10-20/h6-8,13,15-17,21H,9-12H2,1-5H3/p+1/t15-,16-,17-/m1/s1. The van der Waals surface area contributed by atoms with Gasteiger partial charge in [-0.05, 0) is 43.9 Å². The summed E-state index contributed by atoms with van der Waals surface area (Å²) in [5.41, 5.74) is 2.38. The third kappa shape index (κ3) is 5.48. The molecule has 4 nitrogen and oxygen atoms in total. The first kappa shape index (κ1) is 18.2. The molecule has 0 bridgehead atoms. The molecular weight excluding hydrogens is 290 g/mol. The summed E-state index contributed by atoms with van der Waals surface area (Å²) in [5, 5.41) is 10.3. The Bertz CT molecular complexity index is 493. The van der Waals surface area contributed by atoms with Crippen molar-refractivity contribution < 1.29 is 19.5 Å². The molecule has 23 heavy (non-hydrogen) atoms. The Morgan fingerprint density at radius 1 is 1.26 bits per heavy atom. The lowest BCUT2D eigenvalue weighted by molar-refractivity contribution is -0.918. The fourth-order valence-corrected chi connectivity index (χ4v) is 3.38. The fraction of sp³-hybridized carbons (Fsp3) is 0.684. The van der Waals surface area contributed by atoms with Gasteiger partial charge >= 0.3 is 0 Å². The molecule has 0 radical (unpaired) electrons. The number of aryl methyl sites for hydroxylation is 1. The molecule has 1 fully saturated rings. The second-order valence-corrected chi connectivity index (χ2v) is 7.28. The fourth-order valence-electron chi connectivity index (χ4n) is 3.38. The van der Waals surface area contributed by atoms with Crippen LogP contribution in [0.25, 0.3) is 0 Å². The lowest BCUT2D eigenvalue weighted by atomic mass is 10.0. The number of quaternary nitrogens is 1. The molecule has 1 saturated heterocycles. The minimum atomic E-state index is -0.456. The Hall–Kier alpha value is -1.10. The SMILES string of the molecule is Cc1ccc(C(C)C)c(OC[C@H](O)C[NH+]2C[C@@H](C)O[C@H](C)C2)c1. The van der Waals surface area contributed by atoms with Crippen molar-refractivity contribution >= 4 is 0 Å². The van der Waals surface area contributed by atoms with E-state index in [1.54, 1.807) is 0 Å². The molecule has 0 unspecified atom stereocenters. The van der Waals surface area contributed by atoms with Gasteiger partial charge in [-0.1, -0.05) is 26.0 Å². The van der Waals surface area contributed by atoms with Gasteiger partial charge in [0.2, 0.25) is 0 Å². The highest BCUT2D eigenvalue weighted by Gasteiger charge is 2.27. The summed E-state index contributed by atoms with van der Waals surface area (Å²) in [6, 6.07) is 6.30. The van der Waals surface area contributed by atoms with Crippen molar-refractivity contribution in [2.45, 2.75) is 58.8 Å². The molecular formula is C19H32NO3+. The second-order valence-electron chi connectivity index (χ2n) is 7.28. The lowest BCUT2D eigenvalue weighted by Crippen LogP contribution is -3.16. The van der Waals surface area contributed by atoms with E-state index in [-0.39, 0.29) is 12.2 Å². The lowest BCUT2D eigenvalue weighted by Gasteiger charge is -2.33. The number of hydrogen-bond donors (Lipinski definition) is 2. The quantitative estimate of drug-likeness (QED) is 0.835. The molecule has 0 amide bonds. The van der Waals surface area contributed by atoms with E-state index in [1.807, 2.05) is 0 Å². The van der Waals surface area contributed by atoms with Gasteiger partial charge in [-0.15, -0.1) is 0 Å². The molecule has 1 heterocycles. The van der Waals surface area contributed by atoms with Gasteiger partial charge in [0.1, 0.15) is 50.3 Å². The van der Waals surface area contributed by atoms with E-state index in [0.29, 0.717) is 19.1 Å². The average molecular weight is 322 g/mol. The number of hydrogen-bond acceptors (Lipinski definition) is 3. The van der Waals surface area contributed by atoms with Crippen LogP contribution in [0.15, 0.2) is 18.2 Å². The van der Waals surface area contributed by atoms with Gasteiger partial charge in [-0.25, -0.2) is 0 Å². The van der Waals surface area contributed by atoms with E-state index in [9.17, 15) is 5.11 Å². The van der Waals surface area contributed by atoms with Crippen LogP contribution in [-0.4, -0.2) is 49.7 Å². The molecule has 1 aliphatic rings. The van der Waals surface area contributed by atoms with Crippen LogP contribution in [-0.2, 0) is 4.74 Å². The van der Waals surface area contributed by atoms with Crippen LogP contribution in [0.3, 0.4) is 0 Å². The maximum atomic E-state index is 10.3. The Balaban J connectivity index is 1.89. The first-order valence-electron chi connectivity index (χ1n) is 8.75. The number of rotatable bonds is 6. The molecule has 1 aromatic rings. The number of morpholine rings is 1. The van der Waals surface area contributed by atoms with Crippen LogP contribution in [0.5, 0.6) is 5.75 Å². The van der Waals surface area contributed by atoms with Gasteiger partial charge in [0.15, 0.2) is 0 Å². The van der Waals surface area contributed by atoms with Crippen LogP contribution in [0, 0.1) is 6.92 Å². The van der Waals surface area contributed by atoms with Gasteiger partial charge in [-0.3, -0.25) is 0 Å². The van der Waals surface area contributed by atoms with Crippen LogP contribution < -0.4 is 9.64 Å². The van der Waals surface area contributed by atoms with Crippen molar-refractivity contribution in [3.63, 3.8) is 0 Å². The van der Waals surface area contributed by atoms with Crippen molar-refractivity contribution in [2.24, 2.45) is 0 Å². The third-order valence-corrected chi connectivity index (χ3v) is 4.36. The minimum Gasteiger partial charge on any atom is -0.490 e. The van der Waals surface area contributed by atoms with Gasteiger partial charge in [-0.2, -0.15) is 0 Å². The van der Waals surface area contributed by atoms with E-state index >= 15 is 0 Å². The highest BCUT2D eigenvalue weighted by atomic mass is 16.5. The summed E-state index contributed by atoms with van der Waals surface area (Å²) >= 11 is 0. The smallest absolute Gasteiger partial charge is 0.137 e. The number of nitrogens with one attached hydrogen (secondary N) is 1. The van der Waals surface area contributed by atoms with Gasteiger partial charge < -0.3 is 19.5 Å². The van der Waals surface area contributed by atoms with E-state index in [4.69, 9.17) is 9.47 Å². The van der Waals surface area contributed by atoms with Crippen molar-refractivity contribution in [2.75, 3.05) is 26.2 Å². The van der Waals surface area contributed by atoms with Gasteiger partial charge in [0, 0.05) is 0 Å². The molecule has 1 aromatic carbocycles. The normalized spacial score (nSPS) is 26.3. The molecule has 4 heteroatoms. The number of ether oxygens (including phenoxy) is 2. The molecule has 0 spiro atoms. The van der Waals surface area contributed by atoms with Crippen molar-refractivity contribution in [3.8, 4) is 5.75 Å². The van der Waals surface area contributed by atoms with Crippen LogP contribution in [0.1, 0.15) is 44.7 Å². The Kier molecular flexibility index (Phi) is 6.45. The number of aliphatic hydroxyl groups is 1. The van der Waals surface area contributed by atoms with Crippen molar-refractivity contribution in [1.82, 2.24) is 0 Å². The Labute approximate surface area is 140 Å². The second kappa shape index (κ2) is 8.13. The average Bonchev–Trinajstić information content (AvgIpc) is 2.43. The predicted octanol–water partition coefficient (Wildman–Crippen LogP) is 1.55. The Morgan fingerprint density at radius 3 is 2.52 bits per heavy atom. The molecule has 2 rings (SSSR count). The zero-order valence-corrected chi connectivity index (χ0v) is 15.1. The molecule has 130 valence electrons. The van der Waals surface area contributed by atoms with Crippen molar-refractivity contribution in [1.29, 1.82) is 0 Å². The summed E-state index contributed by atoms with van der Waals surface area (Å²) in [5.74, 6) is 1.31. The van der Waals surface area contributed by atoms with Gasteiger partial charge in [0.25, 0.3) is 0 Å². The van der Waals surface area contributed by atoms with E-state index in [1.165, 1.54) is 16.0 Å². The molecule has 0 aromatic heterocycles. The van der Waals surface area contributed by atoms with E-state index in [2.05, 4.69) is 52.8 Å². The summed E-state index contributed by atoms with van der Waals surface area (Å²) < 4.78 is 11.7. The predicted molar refractivity (Wildman–Crippen MR) is 92.3 cm³/mol. The largest absolute Gasteiger partial charge is 0.490 e. The zero-order chi connectivity index (χ0) is 17.0. The topological polar surface area (TPSA) is 43.1 Å². The van der Waals surface area contributed by atoms with Crippen molar-refractivity contribution in [3.05, 3.63) is 29.3 Å². The molecule has 3 atom stereocenters. The monoisotopic (exact) mass is 322 g/mol. The van der Waals surface area contributed by atoms with Crippen LogP contribution >= 0.6 is 0 Å². The van der Waals surface area contributed by atoms with E-state index < -0.39 is 6.10 Å². The maximum Gasteiger partial charge on any atom is 0.137 e. The molecule has 0 saturated carbocycles. The highest BCUT2D eigenvalue weighted by Crippen LogP contribution is 2.27. The summed E-state index contributed by atoms with van der Waals surface area (Å²) in [6.07, 6.45) is 0.0559. The first-order chi connectivity index (χ1) is 10.8. The van der Waals surface area contributed by atoms with Gasteiger partial charge in [0.05, 0.1) is 0 Å². The summed E-state index contributed by atoms with van der Waals surface area (Å²) in [6.45, 7) is 13.5. The summed E-state index contributed by atoms with van der Waals surface area (Å²) in [7, 11) is 0. The molecule has 0 aliphatic carbocycles. The molecule has 1 aliphatic heterocycles. The number of aliphatic hydroxyl groups excluding tert-OH is 1. The van der Waals surface area contributed by atoms with Crippen LogP contribution in [0.2, 0.25) is 0 Å². The third-order valence-electron chi connectivity index (χ3n) is 4.36. The highest BCUT2D eigenvalue weighted by molar-refractivity contribution is 5.39. The zero-order valence-electron chi connectivity index (χ0n) is 15.1. The first-order valence-corrected chi connectivity index (χ1v) is 8.75. The minimum absolute atomic E-state index is 0.256. The summed E-state index contributed by atoms with van der Waals surface area (Å²) in [4.78, 5) is 1.39. The van der Waals surface area contributed by atoms with Crippen LogP contribution in [0.4, 0.5) is 0 Å². The molecule has 2 N–H and O–H groups in total. The van der Waals surface area contributed by atoms with E-state index in [0.717, 1.165) is 18.8 Å².